The van der Waals surface area contributed by atoms with E-state index in [2.05, 4.69) is 17.2 Å². The second kappa shape index (κ2) is 5.69. The quantitative estimate of drug-likeness (QED) is 0.784. The molecule has 0 aliphatic heterocycles. The van der Waals surface area contributed by atoms with E-state index in [0.717, 1.165) is 12.1 Å². The standard InChI is InChI=1S/C10H18N4OS/c1-4-8-7-12-10(16)14(8)6-5-11-9(15)13(2)3/h7H,4-6H2,1-3H3,(H,11,15)(H,12,16). The fourth-order valence-electron chi connectivity index (χ4n) is 1.40. The van der Waals surface area contributed by atoms with E-state index in [9.17, 15) is 4.79 Å². The van der Waals surface area contributed by atoms with Gasteiger partial charge in [0.05, 0.1) is 0 Å². The lowest BCUT2D eigenvalue weighted by Gasteiger charge is -2.12. The van der Waals surface area contributed by atoms with E-state index in [1.54, 1.807) is 14.1 Å². The predicted octanol–water partition coefficient (Wildman–Crippen LogP) is 1.38. The van der Waals surface area contributed by atoms with Gasteiger partial charge in [-0.3, -0.25) is 0 Å². The number of nitrogens with one attached hydrogen (secondary N) is 2. The topological polar surface area (TPSA) is 53.1 Å². The monoisotopic (exact) mass is 242 g/mol. The van der Waals surface area contributed by atoms with Crippen molar-refractivity contribution in [3.05, 3.63) is 16.7 Å². The second-order valence-electron chi connectivity index (χ2n) is 3.72. The molecule has 1 aromatic heterocycles. The number of amides is 2. The van der Waals surface area contributed by atoms with E-state index in [-0.39, 0.29) is 6.03 Å². The molecule has 0 spiro atoms. The van der Waals surface area contributed by atoms with Gasteiger partial charge in [0.15, 0.2) is 4.77 Å². The van der Waals surface area contributed by atoms with Crippen LogP contribution in [0.15, 0.2) is 6.20 Å². The van der Waals surface area contributed by atoms with Gasteiger partial charge in [0, 0.05) is 39.1 Å². The lowest BCUT2D eigenvalue weighted by atomic mass is 10.3. The smallest absolute Gasteiger partial charge is 0.316 e. The number of carbonyl (C=O) groups is 1. The van der Waals surface area contributed by atoms with Crippen LogP contribution in [0, 0.1) is 4.77 Å². The highest BCUT2D eigenvalue weighted by Gasteiger charge is 2.04. The van der Waals surface area contributed by atoms with Crippen molar-refractivity contribution < 1.29 is 4.79 Å². The fourth-order valence-corrected chi connectivity index (χ4v) is 1.67. The first-order valence-electron chi connectivity index (χ1n) is 5.28. The normalized spacial score (nSPS) is 10.2. The van der Waals surface area contributed by atoms with Crippen molar-refractivity contribution in [2.75, 3.05) is 20.6 Å². The highest BCUT2D eigenvalue weighted by molar-refractivity contribution is 7.71. The molecule has 0 radical (unpaired) electrons. The number of hydrogen-bond acceptors (Lipinski definition) is 2. The maximum absolute atomic E-state index is 11.3. The molecule has 0 aliphatic carbocycles. The maximum atomic E-state index is 11.3. The molecule has 6 heteroatoms. The van der Waals surface area contributed by atoms with E-state index < -0.39 is 0 Å². The summed E-state index contributed by atoms with van der Waals surface area (Å²) in [5, 5.41) is 2.80. The molecular formula is C10H18N4OS. The number of imidazole rings is 1. The summed E-state index contributed by atoms with van der Waals surface area (Å²) in [5.41, 5.74) is 1.16. The van der Waals surface area contributed by atoms with Gasteiger partial charge in [-0.1, -0.05) is 6.92 Å². The number of nitrogens with zero attached hydrogens (tertiary/aromatic N) is 2. The Balaban J connectivity index is 2.52. The molecule has 0 fully saturated rings. The number of aromatic amines is 1. The van der Waals surface area contributed by atoms with Crippen LogP contribution in [-0.4, -0.2) is 41.1 Å². The minimum atomic E-state index is -0.0832. The first-order valence-corrected chi connectivity index (χ1v) is 5.69. The Morgan fingerprint density at radius 2 is 2.31 bits per heavy atom. The van der Waals surface area contributed by atoms with Crippen LogP contribution in [0.4, 0.5) is 4.79 Å². The fraction of sp³-hybridized carbons (Fsp3) is 0.600. The third kappa shape index (κ3) is 3.10. The lowest BCUT2D eigenvalue weighted by Crippen LogP contribution is -2.36. The number of carbonyl (C=O) groups excluding carboxylic acids is 1. The highest BCUT2D eigenvalue weighted by atomic mass is 32.1. The Bertz CT molecular complexity index is 407. The number of aryl methyl sites for hydroxylation is 1. The molecule has 1 aromatic rings. The van der Waals surface area contributed by atoms with Crippen LogP contribution in [0.5, 0.6) is 0 Å². The molecule has 5 nitrogen and oxygen atoms in total. The largest absolute Gasteiger partial charge is 0.337 e. The minimum Gasteiger partial charge on any atom is -0.337 e. The van der Waals surface area contributed by atoms with E-state index in [1.165, 1.54) is 4.90 Å². The first kappa shape index (κ1) is 12.8. The average Bonchev–Trinajstić information content (AvgIpc) is 2.59. The summed E-state index contributed by atoms with van der Waals surface area (Å²) in [6.45, 7) is 3.36. The number of urea groups is 1. The molecule has 1 heterocycles. The van der Waals surface area contributed by atoms with Crippen LogP contribution in [0.3, 0.4) is 0 Å². The predicted molar refractivity (Wildman–Crippen MR) is 66.1 cm³/mol. The van der Waals surface area contributed by atoms with E-state index in [0.29, 0.717) is 17.9 Å². The van der Waals surface area contributed by atoms with Crippen LogP contribution in [0.2, 0.25) is 0 Å². The van der Waals surface area contributed by atoms with Gasteiger partial charge in [0.1, 0.15) is 0 Å². The van der Waals surface area contributed by atoms with Crippen LogP contribution in [-0.2, 0) is 13.0 Å². The molecule has 2 N–H and O–H groups in total. The summed E-state index contributed by atoms with van der Waals surface area (Å²) in [7, 11) is 3.43. The van der Waals surface area contributed by atoms with Gasteiger partial charge >= 0.3 is 6.03 Å². The van der Waals surface area contributed by atoms with Crippen molar-refractivity contribution in [2.24, 2.45) is 0 Å². The molecule has 0 bridgehead atoms. The molecule has 16 heavy (non-hydrogen) atoms. The van der Waals surface area contributed by atoms with Gasteiger partial charge in [0.2, 0.25) is 0 Å². The summed E-state index contributed by atoms with van der Waals surface area (Å²) in [6.07, 6.45) is 2.84. The zero-order valence-corrected chi connectivity index (χ0v) is 10.7. The third-order valence-corrected chi connectivity index (χ3v) is 2.67. The Morgan fingerprint density at radius 3 is 2.88 bits per heavy atom. The molecular weight excluding hydrogens is 224 g/mol. The van der Waals surface area contributed by atoms with Gasteiger partial charge in [-0.15, -0.1) is 0 Å². The van der Waals surface area contributed by atoms with Crippen molar-refractivity contribution in [3.63, 3.8) is 0 Å². The SMILES string of the molecule is CCc1c[nH]c(=S)n1CCNC(=O)N(C)C. The van der Waals surface area contributed by atoms with Crippen LogP contribution in [0.1, 0.15) is 12.6 Å². The first-order chi connectivity index (χ1) is 7.56. The maximum Gasteiger partial charge on any atom is 0.316 e. The Hall–Kier alpha value is -1.30. The number of rotatable bonds is 4. The minimum absolute atomic E-state index is 0.0832. The number of aromatic nitrogens is 2. The van der Waals surface area contributed by atoms with Gasteiger partial charge in [-0.25, -0.2) is 4.79 Å². The van der Waals surface area contributed by atoms with E-state index in [4.69, 9.17) is 12.2 Å². The molecule has 90 valence electrons. The summed E-state index contributed by atoms with van der Waals surface area (Å²) in [5.74, 6) is 0. The van der Waals surface area contributed by atoms with Gasteiger partial charge in [0.25, 0.3) is 0 Å². The average molecular weight is 242 g/mol. The third-order valence-electron chi connectivity index (χ3n) is 2.33. The van der Waals surface area contributed by atoms with Crippen molar-refractivity contribution in [2.45, 2.75) is 19.9 Å². The van der Waals surface area contributed by atoms with Crippen molar-refractivity contribution >= 4 is 18.2 Å². The van der Waals surface area contributed by atoms with Crippen LogP contribution >= 0.6 is 12.2 Å². The highest BCUT2D eigenvalue weighted by Crippen LogP contribution is 2.01. The lowest BCUT2D eigenvalue weighted by molar-refractivity contribution is 0.217. The van der Waals surface area contributed by atoms with Crippen molar-refractivity contribution in [1.29, 1.82) is 0 Å². The summed E-state index contributed by atoms with van der Waals surface area (Å²) in [4.78, 5) is 15.8. The Labute approximate surface area is 100 Å². The summed E-state index contributed by atoms with van der Waals surface area (Å²) in [6, 6.07) is -0.0832. The number of H-pyrrole nitrogens is 1. The molecule has 1 rings (SSSR count). The zero-order valence-electron chi connectivity index (χ0n) is 9.91. The zero-order chi connectivity index (χ0) is 12.1. The van der Waals surface area contributed by atoms with Gasteiger partial charge in [-0.2, -0.15) is 0 Å². The van der Waals surface area contributed by atoms with Gasteiger partial charge < -0.3 is 19.8 Å². The molecule has 0 saturated carbocycles. The molecule has 0 aliphatic rings. The van der Waals surface area contributed by atoms with Gasteiger partial charge in [-0.05, 0) is 18.6 Å². The molecule has 0 aromatic carbocycles. The summed E-state index contributed by atoms with van der Waals surface area (Å²) < 4.78 is 2.71. The van der Waals surface area contributed by atoms with Crippen molar-refractivity contribution in [1.82, 2.24) is 19.8 Å². The van der Waals surface area contributed by atoms with E-state index in [1.807, 2.05) is 10.8 Å². The molecule has 0 atom stereocenters. The Morgan fingerprint density at radius 1 is 1.62 bits per heavy atom. The molecule has 2 amide bonds. The molecule has 0 unspecified atom stereocenters. The van der Waals surface area contributed by atoms with Crippen molar-refractivity contribution in [3.8, 4) is 0 Å². The second-order valence-corrected chi connectivity index (χ2v) is 4.10. The van der Waals surface area contributed by atoms with Crippen LogP contribution < -0.4 is 5.32 Å². The summed E-state index contributed by atoms with van der Waals surface area (Å²) >= 11 is 5.15. The Kier molecular flexibility index (Phi) is 4.54. The molecule has 0 saturated heterocycles. The van der Waals surface area contributed by atoms with E-state index >= 15 is 0 Å². The number of hydrogen-bond donors (Lipinski definition) is 2. The van der Waals surface area contributed by atoms with Crippen LogP contribution in [0.25, 0.3) is 0 Å².